The molecule has 0 saturated heterocycles. The van der Waals surface area contributed by atoms with Gasteiger partial charge in [-0.15, -0.1) is 0 Å². The van der Waals surface area contributed by atoms with E-state index in [2.05, 4.69) is 10.6 Å². The number of amides is 2. The van der Waals surface area contributed by atoms with Gasteiger partial charge >= 0.3 is 0 Å². The third-order valence-electron chi connectivity index (χ3n) is 4.58. The summed E-state index contributed by atoms with van der Waals surface area (Å²) >= 11 is 1.57. The SMILES string of the molecule is COc1ccccc1C(=O)NC(CCSC)C(=O)NCCCS(=O)(=O)c1ccccc1. The summed E-state index contributed by atoms with van der Waals surface area (Å²) in [5.74, 6) is 0.308. The fourth-order valence-corrected chi connectivity index (χ4v) is 4.72. The maximum Gasteiger partial charge on any atom is 0.255 e. The lowest BCUT2D eigenvalue weighted by Crippen LogP contribution is -2.47. The van der Waals surface area contributed by atoms with E-state index in [1.54, 1.807) is 66.4 Å². The topological polar surface area (TPSA) is 102 Å². The number of nitrogens with one attached hydrogen (secondary N) is 2. The van der Waals surface area contributed by atoms with E-state index in [-0.39, 0.29) is 29.5 Å². The normalized spacial score (nSPS) is 12.1. The second-order valence-electron chi connectivity index (χ2n) is 6.78. The quantitative estimate of drug-likeness (QED) is 0.468. The Bertz CT molecular complexity index is 965. The molecule has 2 aromatic rings. The summed E-state index contributed by atoms with van der Waals surface area (Å²) in [5.41, 5.74) is 0.348. The summed E-state index contributed by atoms with van der Waals surface area (Å²) in [6.45, 7) is 0.200. The number of hydrogen-bond donors (Lipinski definition) is 2. The molecule has 2 rings (SSSR count). The molecular formula is C22H28N2O5S2. The summed E-state index contributed by atoms with van der Waals surface area (Å²) in [4.78, 5) is 25.6. The van der Waals surface area contributed by atoms with Gasteiger partial charge in [0.1, 0.15) is 11.8 Å². The van der Waals surface area contributed by atoms with Crippen LogP contribution in [0.1, 0.15) is 23.2 Å². The second-order valence-corrected chi connectivity index (χ2v) is 9.88. The molecule has 0 spiro atoms. The lowest BCUT2D eigenvalue weighted by Gasteiger charge is -2.19. The third kappa shape index (κ3) is 7.59. The standard InChI is InChI=1S/C22H28N2O5S2/c1-29-20-12-7-6-11-18(20)21(25)24-19(13-15-30-2)22(26)23-14-8-16-31(27,28)17-9-4-3-5-10-17/h3-7,9-12,19H,8,13-16H2,1-2H3,(H,23,26)(H,24,25). The van der Waals surface area contributed by atoms with E-state index < -0.39 is 21.8 Å². The van der Waals surface area contributed by atoms with Crippen molar-refractivity contribution in [2.75, 3.05) is 31.4 Å². The van der Waals surface area contributed by atoms with Gasteiger partial charge < -0.3 is 15.4 Å². The molecule has 0 fully saturated rings. The Kier molecular flexibility index (Phi) is 9.87. The molecule has 2 aromatic carbocycles. The smallest absolute Gasteiger partial charge is 0.255 e. The number of carbonyl (C=O) groups is 2. The van der Waals surface area contributed by atoms with Crippen LogP contribution >= 0.6 is 11.8 Å². The van der Waals surface area contributed by atoms with Crippen molar-refractivity contribution in [2.24, 2.45) is 0 Å². The van der Waals surface area contributed by atoms with Crippen LogP contribution in [0.25, 0.3) is 0 Å². The molecule has 9 heteroatoms. The number of benzene rings is 2. The molecule has 1 unspecified atom stereocenters. The Morgan fingerprint density at radius 1 is 1.06 bits per heavy atom. The van der Waals surface area contributed by atoms with E-state index in [4.69, 9.17) is 4.74 Å². The number of para-hydroxylation sites is 1. The highest BCUT2D eigenvalue weighted by Crippen LogP contribution is 2.17. The first-order valence-electron chi connectivity index (χ1n) is 9.87. The molecule has 0 heterocycles. The number of sulfone groups is 1. The molecule has 0 saturated carbocycles. The molecule has 7 nitrogen and oxygen atoms in total. The van der Waals surface area contributed by atoms with Crippen molar-refractivity contribution >= 4 is 33.4 Å². The molecule has 31 heavy (non-hydrogen) atoms. The van der Waals surface area contributed by atoms with Crippen LogP contribution in [0.3, 0.4) is 0 Å². The van der Waals surface area contributed by atoms with Gasteiger partial charge in [0.2, 0.25) is 5.91 Å². The maximum absolute atomic E-state index is 12.7. The van der Waals surface area contributed by atoms with Crippen LogP contribution in [0, 0.1) is 0 Å². The molecule has 1 atom stereocenters. The minimum atomic E-state index is -3.39. The molecule has 0 bridgehead atoms. The van der Waals surface area contributed by atoms with Crippen LogP contribution in [-0.4, -0.2) is 57.7 Å². The number of methoxy groups -OCH3 is 1. The summed E-state index contributed by atoms with van der Waals surface area (Å²) in [6, 6.07) is 14.3. The zero-order valence-electron chi connectivity index (χ0n) is 17.7. The Balaban J connectivity index is 1.93. The van der Waals surface area contributed by atoms with Crippen molar-refractivity contribution in [1.82, 2.24) is 10.6 Å². The van der Waals surface area contributed by atoms with Gasteiger partial charge in [-0.1, -0.05) is 30.3 Å². The Hall–Kier alpha value is -2.52. The zero-order valence-corrected chi connectivity index (χ0v) is 19.3. The molecule has 0 aromatic heterocycles. The number of rotatable bonds is 12. The van der Waals surface area contributed by atoms with Gasteiger partial charge in [-0.25, -0.2) is 8.42 Å². The van der Waals surface area contributed by atoms with Crippen LogP contribution in [0.2, 0.25) is 0 Å². The van der Waals surface area contributed by atoms with Gasteiger partial charge in [-0.3, -0.25) is 9.59 Å². The van der Waals surface area contributed by atoms with Crippen molar-refractivity contribution < 1.29 is 22.7 Å². The molecule has 0 radical (unpaired) electrons. The number of ether oxygens (including phenoxy) is 1. The average molecular weight is 465 g/mol. The van der Waals surface area contributed by atoms with E-state index in [0.717, 1.165) is 0 Å². The van der Waals surface area contributed by atoms with Crippen molar-refractivity contribution in [2.45, 2.75) is 23.8 Å². The first-order chi connectivity index (χ1) is 14.9. The summed E-state index contributed by atoms with van der Waals surface area (Å²) in [5, 5.41) is 5.51. The minimum Gasteiger partial charge on any atom is -0.496 e. The van der Waals surface area contributed by atoms with Crippen molar-refractivity contribution in [1.29, 1.82) is 0 Å². The Morgan fingerprint density at radius 2 is 1.74 bits per heavy atom. The second kappa shape index (κ2) is 12.4. The van der Waals surface area contributed by atoms with Crippen LogP contribution in [-0.2, 0) is 14.6 Å². The highest BCUT2D eigenvalue weighted by atomic mass is 32.2. The lowest BCUT2D eigenvalue weighted by molar-refractivity contribution is -0.123. The predicted molar refractivity (Wildman–Crippen MR) is 123 cm³/mol. The molecule has 0 aliphatic heterocycles. The number of carbonyl (C=O) groups excluding carboxylic acids is 2. The highest BCUT2D eigenvalue weighted by Gasteiger charge is 2.22. The predicted octanol–water partition coefficient (Wildman–Crippen LogP) is 2.53. The van der Waals surface area contributed by atoms with Gasteiger partial charge in [0.25, 0.3) is 5.91 Å². The highest BCUT2D eigenvalue weighted by molar-refractivity contribution is 7.98. The molecular weight excluding hydrogens is 436 g/mol. The number of hydrogen-bond acceptors (Lipinski definition) is 6. The van der Waals surface area contributed by atoms with Gasteiger partial charge in [0.15, 0.2) is 9.84 Å². The minimum absolute atomic E-state index is 0.0691. The monoisotopic (exact) mass is 464 g/mol. The number of thioether (sulfide) groups is 1. The molecule has 0 aliphatic rings. The van der Waals surface area contributed by atoms with Crippen LogP contribution in [0.5, 0.6) is 5.75 Å². The fourth-order valence-electron chi connectivity index (χ4n) is 2.92. The van der Waals surface area contributed by atoms with E-state index in [0.29, 0.717) is 23.5 Å². The van der Waals surface area contributed by atoms with Gasteiger partial charge in [0.05, 0.1) is 23.3 Å². The van der Waals surface area contributed by atoms with Gasteiger partial charge in [0, 0.05) is 6.54 Å². The van der Waals surface area contributed by atoms with E-state index in [1.165, 1.54) is 7.11 Å². The van der Waals surface area contributed by atoms with Gasteiger partial charge in [-0.2, -0.15) is 11.8 Å². The Labute approximate surface area is 187 Å². The lowest BCUT2D eigenvalue weighted by atomic mass is 10.1. The van der Waals surface area contributed by atoms with Gasteiger partial charge in [-0.05, 0) is 49.1 Å². The van der Waals surface area contributed by atoms with Crippen molar-refractivity contribution in [3.8, 4) is 5.75 Å². The maximum atomic E-state index is 12.7. The third-order valence-corrected chi connectivity index (χ3v) is 7.04. The van der Waals surface area contributed by atoms with Crippen LogP contribution in [0.15, 0.2) is 59.5 Å². The van der Waals surface area contributed by atoms with Crippen LogP contribution in [0.4, 0.5) is 0 Å². The molecule has 168 valence electrons. The summed E-state index contributed by atoms with van der Waals surface area (Å²) in [7, 11) is -1.91. The zero-order chi connectivity index (χ0) is 22.7. The fraction of sp³-hybridized carbons (Fsp3) is 0.364. The summed E-state index contributed by atoms with van der Waals surface area (Å²) < 4.78 is 29.9. The van der Waals surface area contributed by atoms with Crippen molar-refractivity contribution in [3.63, 3.8) is 0 Å². The molecule has 2 amide bonds. The van der Waals surface area contributed by atoms with E-state index in [9.17, 15) is 18.0 Å². The first-order valence-corrected chi connectivity index (χ1v) is 12.9. The summed E-state index contributed by atoms with van der Waals surface area (Å²) in [6.07, 6.45) is 2.65. The average Bonchev–Trinajstić information content (AvgIpc) is 2.79. The van der Waals surface area contributed by atoms with E-state index >= 15 is 0 Å². The largest absolute Gasteiger partial charge is 0.496 e. The Morgan fingerprint density at radius 3 is 2.42 bits per heavy atom. The molecule has 2 N–H and O–H groups in total. The first kappa shape index (κ1) is 24.7. The van der Waals surface area contributed by atoms with Crippen LogP contribution < -0.4 is 15.4 Å². The molecule has 0 aliphatic carbocycles. The van der Waals surface area contributed by atoms with Crippen molar-refractivity contribution in [3.05, 3.63) is 60.2 Å². The van der Waals surface area contributed by atoms with E-state index in [1.807, 2.05) is 6.26 Å².